The lowest BCUT2D eigenvalue weighted by Gasteiger charge is -2.09. The maximum Gasteiger partial charge on any atom is 0.328 e. The summed E-state index contributed by atoms with van der Waals surface area (Å²) in [6.45, 7) is 1.99. The van der Waals surface area contributed by atoms with Gasteiger partial charge in [0.2, 0.25) is 5.91 Å². The summed E-state index contributed by atoms with van der Waals surface area (Å²) in [5, 5.41) is 15.4. The number of benzene rings is 1. The van der Waals surface area contributed by atoms with Crippen LogP contribution < -0.4 is 5.32 Å². The molecule has 2 aromatic rings. The molecule has 0 unspecified atom stereocenters. The van der Waals surface area contributed by atoms with E-state index in [4.69, 9.17) is 5.11 Å². The Hall–Kier alpha value is -2.89. The zero-order chi connectivity index (χ0) is 15.2. The van der Waals surface area contributed by atoms with E-state index in [9.17, 15) is 9.59 Å². The van der Waals surface area contributed by atoms with Crippen LogP contribution in [0, 0.1) is 6.92 Å². The molecule has 0 radical (unpaired) electrons. The first kappa shape index (κ1) is 14.5. The van der Waals surface area contributed by atoms with E-state index in [1.807, 2.05) is 13.0 Å². The van der Waals surface area contributed by atoms with Crippen molar-refractivity contribution < 1.29 is 14.7 Å². The number of hydrogen-bond acceptors (Lipinski definition) is 3. The van der Waals surface area contributed by atoms with Crippen LogP contribution in [0.25, 0.3) is 6.08 Å². The molecule has 0 atom stereocenters. The molecule has 1 amide bonds. The fourth-order valence-corrected chi connectivity index (χ4v) is 1.83. The molecule has 2 rings (SSSR count). The molecule has 0 aliphatic heterocycles. The monoisotopic (exact) mass is 285 g/mol. The first-order chi connectivity index (χ1) is 10.0. The second-order valence-corrected chi connectivity index (χ2v) is 4.50. The number of carboxylic acids is 1. The zero-order valence-electron chi connectivity index (χ0n) is 11.5. The van der Waals surface area contributed by atoms with E-state index in [1.54, 1.807) is 30.6 Å². The van der Waals surface area contributed by atoms with Crippen molar-refractivity contribution in [2.24, 2.45) is 0 Å². The molecule has 0 fully saturated rings. The van der Waals surface area contributed by atoms with Gasteiger partial charge in [-0.05, 0) is 42.3 Å². The molecule has 0 saturated carbocycles. The van der Waals surface area contributed by atoms with Crippen molar-refractivity contribution in [3.63, 3.8) is 0 Å². The van der Waals surface area contributed by atoms with Crippen LogP contribution in [0.15, 0.2) is 42.7 Å². The average molecular weight is 285 g/mol. The number of rotatable bonds is 5. The summed E-state index contributed by atoms with van der Waals surface area (Å²) in [6, 6.07) is 7.05. The number of amides is 1. The molecule has 108 valence electrons. The minimum atomic E-state index is -0.996. The molecule has 0 aliphatic carbocycles. The van der Waals surface area contributed by atoms with Crippen molar-refractivity contribution in [3.8, 4) is 0 Å². The number of carbonyl (C=O) groups excluding carboxylic acids is 1. The predicted molar refractivity (Wildman–Crippen MR) is 78.7 cm³/mol. The van der Waals surface area contributed by atoms with Gasteiger partial charge in [-0.1, -0.05) is 6.07 Å². The summed E-state index contributed by atoms with van der Waals surface area (Å²) in [6.07, 6.45) is 5.91. The Kier molecular flexibility index (Phi) is 4.50. The molecule has 6 heteroatoms. The van der Waals surface area contributed by atoms with Crippen LogP contribution in [-0.4, -0.2) is 26.8 Å². The van der Waals surface area contributed by atoms with Gasteiger partial charge in [0.1, 0.15) is 6.54 Å². The molecule has 0 aliphatic rings. The highest BCUT2D eigenvalue weighted by Crippen LogP contribution is 2.17. The summed E-state index contributed by atoms with van der Waals surface area (Å²) >= 11 is 0. The number of nitrogens with one attached hydrogen (secondary N) is 1. The second-order valence-electron chi connectivity index (χ2n) is 4.50. The second kappa shape index (κ2) is 6.51. The van der Waals surface area contributed by atoms with E-state index in [0.717, 1.165) is 17.2 Å². The minimum absolute atomic E-state index is 0.146. The average Bonchev–Trinajstić information content (AvgIpc) is 2.92. The van der Waals surface area contributed by atoms with Crippen LogP contribution in [0.3, 0.4) is 0 Å². The third-order valence-electron chi connectivity index (χ3n) is 2.81. The SMILES string of the molecule is Cc1cc(C=CC(=O)O)ccc1NC(=O)Cn1cccn1. The topological polar surface area (TPSA) is 84.2 Å². The van der Waals surface area contributed by atoms with Crippen LogP contribution in [0.2, 0.25) is 0 Å². The molecule has 1 aromatic heterocycles. The lowest BCUT2D eigenvalue weighted by atomic mass is 10.1. The van der Waals surface area contributed by atoms with Crippen LogP contribution in [0.1, 0.15) is 11.1 Å². The van der Waals surface area contributed by atoms with Crippen molar-refractivity contribution in [1.82, 2.24) is 9.78 Å². The number of carboxylic acid groups (broad SMARTS) is 1. The molecule has 2 N–H and O–H groups in total. The van der Waals surface area contributed by atoms with E-state index in [2.05, 4.69) is 10.4 Å². The summed E-state index contributed by atoms with van der Waals surface area (Å²) in [4.78, 5) is 22.3. The Morgan fingerprint density at radius 1 is 1.43 bits per heavy atom. The number of aliphatic carboxylic acids is 1. The summed E-state index contributed by atoms with van der Waals surface area (Å²) in [5.41, 5.74) is 2.32. The first-order valence-corrected chi connectivity index (χ1v) is 6.33. The van der Waals surface area contributed by atoms with Crippen molar-refractivity contribution in [3.05, 3.63) is 53.9 Å². The molecule has 0 bridgehead atoms. The Balaban J connectivity index is 2.03. The summed E-state index contributed by atoms with van der Waals surface area (Å²) in [7, 11) is 0. The molecule has 0 spiro atoms. The van der Waals surface area contributed by atoms with E-state index in [0.29, 0.717) is 5.69 Å². The van der Waals surface area contributed by atoms with E-state index < -0.39 is 5.97 Å². The van der Waals surface area contributed by atoms with E-state index >= 15 is 0 Å². The number of carbonyl (C=O) groups is 2. The van der Waals surface area contributed by atoms with Crippen molar-refractivity contribution >= 4 is 23.6 Å². The third kappa shape index (κ3) is 4.31. The molecule has 1 heterocycles. The Bertz CT molecular complexity index is 675. The third-order valence-corrected chi connectivity index (χ3v) is 2.81. The van der Waals surface area contributed by atoms with E-state index in [-0.39, 0.29) is 12.5 Å². The zero-order valence-corrected chi connectivity index (χ0v) is 11.5. The largest absolute Gasteiger partial charge is 0.478 e. The Labute approximate surface area is 121 Å². The lowest BCUT2D eigenvalue weighted by Crippen LogP contribution is -2.19. The highest BCUT2D eigenvalue weighted by Gasteiger charge is 2.06. The van der Waals surface area contributed by atoms with Gasteiger partial charge < -0.3 is 10.4 Å². The Morgan fingerprint density at radius 2 is 2.24 bits per heavy atom. The van der Waals surface area contributed by atoms with Crippen molar-refractivity contribution in [2.45, 2.75) is 13.5 Å². The van der Waals surface area contributed by atoms with Gasteiger partial charge in [0.05, 0.1) is 0 Å². The predicted octanol–water partition coefficient (Wildman–Crippen LogP) is 1.93. The molecule has 0 saturated heterocycles. The molecule has 21 heavy (non-hydrogen) atoms. The number of aryl methyl sites for hydroxylation is 1. The first-order valence-electron chi connectivity index (χ1n) is 6.33. The summed E-state index contributed by atoms with van der Waals surface area (Å²) in [5.74, 6) is -1.17. The number of hydrogen-bond donors (Lipinski definition) is 2. The molecular formula is C15H15N3O3. The van der Waals surface area contributed by atoms with Gasteiger partial charge in [0, 0.05) is 24.2 Å². The van der Waals surface area contributed by atoms with E-state index in [1.165, 1.54) is 10.8 Å². The smallest absolute Gasteiger partial charge is 0.328 e. The number of aromatic nitrogens is 2. The van der Waals surface area contributed by atoms with Gasteiger partial charge in [-0.15, -0.1) is 0 Å². The van der Waals surface area contributed by atoms with Crippen molar-refractivity contribution in [1.29, 1.82) is 0 Å². The lowest BCUT2D eigenvalue weighted by molar-refractivity contribution is -0.131. The van der Waals surface area contributed by atoms with Gasteiger partial charge in [-0.3, -0.25) is 9.48 Å². The molecular weight excluding hydrogens is 270 g/mol. The van der Waals surface area contributed by atoms with Crippen LogP contribution in [0.4, 0.5) is 5.69 Å². The minimum Gasteiger partial charge on any atom is -0.478 e. The fourth-order valence-electron chi connectivity index (χ4n) is 1.83. The van der Waals surface area contributed by atoms with Gasteiger partial charge in [0.25, 0.3) is 0 Å². The van der Waals surface area contributed by atoms with Crippen LogP contribution in [-0.2, 0) is 16.1 Å². The highest BCUT2D eigenvalue weighted by molar-refractivity contribution is 5.91. The fraction of sp³-hybridized carbons (Fsp3) is 0.133. The normalized spacial score (nSPS) is 10.7. The molecule has 6 nitrogen and oxygen atoms in total. The highest BCUT2D eigenvalue weighted by atomic mass is 16.4. The Morgan fingerprint density at radius 3 is 2.86 bits per heavy atom. The standard InChI is InChI=1S/C15H15N3O3/c1-11-9-12(4-6-15(20)21)3-5-13(11)17-14(19)10-18-8-2-7-16-18/h2-9H,10H2,1H3,(H,17,19)(H,20,21). The van der Waals surface area contributed by atoms with Gasteiger partial charge >= 0.3 is 5.97 Å². The van der Waals surface area contributed by atoms with Crippen molar-refractivity contribution in [2.75, 3.05) is 5.32 Å². The maximum atomic E-state index is 11.9. The van der Waals surface area contributed by atoms with Crippen LogP contribution >= 0.6 is 0 Å². The quantitative estimate of drug-likeness (QED) is 0.822. The number of nitrogens with zero attached hydrogens (tertiary/aromatic N) is 2. The van der Waals surface area contributed by atoms with Gasteiger partial charge in [0.15, 0.2) is 0 Å². The summed E-state index contributed by atoms with van der Waals surface area (Å²) < 4.78 is 1.54. The van der Waals surface area contributed by atoms with Gasteiger partial charge in [-0.25, -0.2) is 4.79 Å². The van der Waals surface area contributed by atoms with Gasteiger partial charge in [-0.2, -0.15) is 5.10 Å². The number of anilines is 1. The maximum absolute atomic E-state index is 11.9. The molecule has 1 aromatic carbocycles. The van der Waals surface area contributed by atoms with Crippen LogP contribution in [0.5, 0.6) is 0 Å².